The fourth-order valence-electron chi connectivity index (χ4n) is 1.88. The lowest BCUT2D eigenvalue weighted by molar-refractivity contribution is 0.204. The van der Waals surface area contributed by atoms with Crippen LogP contribution in [0.15, 0.2) is 18.2 Å². The van der Waals surface area contributed by atoms with Crippen molar-refractivity contribution >= 4 is 11.4 Å². The zero-order valence-corrected chi connectivity index (χ0v) is 11.3. The lowest BCUT2D eigenvalue weighted by atomic mass is 10.1. The lowest BCUT2D eigenvalue weighted by Crippen LogP contribution is -2.33. The average Bonchev–Trinajstić information content (AvgIpc) is 2.33. The summed E-state index contributed by atoms with van der Waals surface area (Å²) in [6, 6.07) is 8.37. The standard InChI is InChI=1S/C14H21N3O/c1-11(2)17(8-9-18-3)13-4-5-14(16)12(10-13)6-7-15/h4-5,10-11H,6,8-9,16H2,1-3H3. The van der Waals surface area contributed by atoms with E-state index < -0.39 is 0 Å². The highest BCUT2D eigenvalue weighted by Gasteiger charge is 2.11. The topological polar surface area (TPSA) is 62.3 Å². The van der Waals surface area contributed by atoms with E-state index >= 15 is 0 Å². The van der Waals surface area contributed by atoms with Crippen molar-refractivity contribution in [2.45, 2.75) is 26.3 Å². The van der Waals surface area contributed by atoms with E-state index in [1.807, 2.05) is 18.2 Å². The second-order valence-corrected chi connectivity index (χ2v) is 4.50. The van der Waals surface area contributed by atoms with Crippen LogP contribution in [0, 0.1) is 11.3 Å². The molecule has 0 saturated heterocycles. The first kappa shape index (κ1) is 14.3. The third-order valence-electron chi connectivity index (χ3n) is 2.89. The van der Waals surface area contributed by atoms with E-state index in [1.165, 1.54) is 0 Å². The molecule has 18 heavy (non-hydrogen) atoms. The van der Waals surface area contributed by atoms with Crippen molar-refractivity contribution < 1.29 is 4.74 Å². The molecule has 0 aliphatic carbocycles. The minimum absolute atomic E-state index is 0.343. The third kappa shape index (κ3) is 3.64. The first-order chi connectivity index (χ1) is 8.60. The molecule has 0 aliphatic heterocycles. The van der Waals surface area contributed by atoms with Crippen LogP contribution >= 0.6 is 0 Å². The molecular formula is C14H21N3O. The van der Waals surface area contributed by atoms with Gasteiger partial charge < -0.3 is 15.4 Å². The smallest absolute Gasteiger partial charge is 0.0670 e. The number of nitrogens with two attached hydrogens (primary N) is 1. The molecule has 0 spiro atoms. The Hall–Kier alpha value is -1.73. The molecule has 0 saturated carbocycles. The van der Waals surface area contributed by atoms with Gasteiger partial charge in [-0.3, -0.25) is 0 Å². The van der Waals surface area contributed by atoms with Crippen LogP contribution in [-0.4, -0.2) is 26.3 Å². The Morgan fingerprint density at radius 2 is 2.17 bits per heavy atom. The van der Waals surface area contributed by atoms with Crippen LogP contribution in [0.2, 0.25) is 0 Å². The van der Waals surface area contributed by atoms with Crippen LogP contribution in [0.5, 0.6) is 0 Å². The molecule has 0 bridgehead atoms. The Labute approximate surface area is 109 Å². The van der Waals surface area contributed by atoms with E-state index in [2.05, 4.69) is 24.8 Å². The second kappa shape index (κ2) is 6.87. The number of ether oxygens (including phenoxy) is 1. The predicted octanol–water partition coefficient (Wildman–Crippen LogP) is 2.20. The van der Waals surface area contributed by atoms with E-state index in [0.29, 0.717) is 24.8 Å². The first-order valence-corrected chi connectivity index (χ1v) is 6.11. The molecule has 0 aromatic heterocycles. The van der Waals surface area contributed by atoms with Gasteiger partial charge in [0.2, 0.25) is 0 Å². The first-order valence-electron chi connectivity index (χ1n) is 6.11. The molecule has 1 rings (SSSR count). The Bertz CT molecular complexity index is 424. The molecule has 2 N–H and O–H groups in total. The van der Waals surface area contributed by atoms with Crippen LogP contribution < -0.4 is 10.6 Å². The van der Waals surface area contributed by atoms with Crippen molar-refractivity contribution in [1.82, 2.24) is 0 Å². The summed E-state index contributed by atoms with van der Waals surface area (Å²) in [4.78, 5) is 2.24. The summed E-state index contributed by atoms with van der Waals surface area (Å²) in [5, 5.41) is 8.79. The number of nitrogen functional groups attached to an aromatic ring is 1. The van der Waals surface area contributed by atoms with E-state index in [1.54, 1.807) is 7.11 Å². The van der Waals surface area contributed by atoms with Crippen molar-refractivity contribution in [3.8, 4) is 6.07 Å². The molecule has 1 aromatic rings. The van der Waals surface area contributed by atoms with Crippen molar-refractivity contribution in [2.24, 2.45) is 0 Å². The second-order valence-electron chi connectivity index (χ2n) is 4.50. The van der Waals surface area contributed by atoms with Gasteiger partial charge in [0.1, 0.15) is 0 Å². The van der Waals surface area contributed by atoms with Gasteiger partial charge in [-0.05, 0) is 37.6 Å². The van der Waals surface area contributed by atoms with Crippen LogP contribution in [-0.2, 0) is 11.2 Å². The molecule has 4 heteroatoms. The number of benzene rings is 1. The van der Waals surface area contributed by atoms with Gasteiger partial charge in [0.05, 0.1) is 19.1 Å². The predicted molar refractivity (Wildman–Crippen MR) is 74.5 cm³/mol. The summed E-state index contributed by atoms with van der Waals surface area (Å²) in [6.07, 6.45) is 0.343. The van der Waals surface area contributed by atoms with Crippen molar-refractivity contribution in [3.05, 3.63) is 23.8 Å². The Balaban J connectivity index is 2.98. The zero-order chi connectivity index (χ0) is 13.5. The van der Waals surface area contributed by atoms with Gasteiger partial charge in [-0.15, -0.1) is 0 Å². The number of anilines is 2. The third-order valence-corrected chi connectivity index (χ3v) is 2.89. The maximum atomic E-state index is 8.79. The van der Waals surface area contributed by atoms with Gasteiger partial charge in [-0.25, -0.2) is 0 Å². The summed E-state index contributed by atoms with van der Waals surface area (Å²) in [7, 11) is 1.70. The number of hydrogen-bond donors (Lipinski definition) is 1. The van der Waals surface area contributed by atoms with Crippen LogP contribution in [0.1, 0.15) is 19.4 Å². The van der Waals surface area contributed by atoms with Gasteiger partial charge in [0.15, 0.2) is 0 Å². The molecule has 0 aliphatic rings. The molecule has 4 nitrogen and oxygen atoms in total. The van der Waals surface area contributed by atoms with Crippen LogP contribution in [0.3, 0.4) is 0 Å². The zero-order valence-electron chi connectivity index (χ0n) is 11.3. The molecule has 0 heterocycles. The quantitative estimate of drug-likeness (QED) is 0.783. The molecular weight excluding hydrogens is 226 g/mol. The van der Waals surface area contributed by atoms with E-state index in [-0.39, 0.29) is 0 Å². The number of nitriles is 1. The fraction of sp³-hybridized carbons (Fsp3) is 0.500. The van der Waals surface area contributed by atoms with Crippen molar-refractivity contribution in [2.75, 3.05) is 30.9 Å². The maximum absolute atomic E-state index is 8.79. The summed E-state index contributed by atoms with van der Waals surface area (Å²) in [6.45, 7) is 5.77. The molecule has 98 valence electrons. The Morgan fingerprint density at radius 1 is 1.44 bits per heavy atom. The number of rotatable bonds is 6. The van der Waals surface area contributed by atoms with E-state index in [0.717, 1.165) is 17.8 Å². The van der Waals surface area contributed by atoms with E-state index in [9.17, 15) is 0 Å². The summed E-state index contributed by atoms with van der Waals surface area (Å²) < 4.78 is 5.13. The monoisotopic (exact) mass is 247 g/mol. The lowest BCUT2D eigenvalue weighted by Gasteiger charge is -2.29. The van der Waals surface area contributed by atoms with E-state index in [4.69, 9.17) is 15.7 Å². The molecule has 0 atom stereocenters. The molecule has 1 aromatic carbocycles. The molecule has 0 fully saturated rings. The summed E-state index contributed by atoms with van der Waals surface area (Å²) in [5.74, 6) is 0. The summed E-state index contributed by atoms with van der Waals surface area (Å²) >= 11 is 0. The molecule has 0 amide bonds. The summed E-state index contributed by atoms with van der Waals surface area (Å²) in [5.41, 5.74) is 8.51. The highest BCUT2D eigenvalue weighted by atomic mass is 16.5. The van der Waals surface area contributed by atoms with Crippen molar-refractivity contribution in [3.63, 3.8) is 0 Å². The minimum Gasteiger partial charge on any atom is -0.398 e. The molecule has 0 radical (unpaired) electrons. The average molecular weight is 247 g/mol. The van der Waals surface area contributed by atoms with Crippen LogP contribution in [0.25, 0.3) is 0 Å². The largest absolute Gasteiger partial charge is 0.398 e. The minimum atomic E-state index is 0.343. The van der Waals surface area contributed by atoms with Gasteiger partial charge in [-0.2, -0.15) is 5.26 Å². The van der Waals surface area contributed by atoms with Gasteiger partial charge in [0, 0.05) is 31.1 Å². The fourth-order valence-corrected chi connectivity index (χ4v) is 1.88. The number of nitrogens with zero attached hydrogens (tertiary/aromatic N) is 2. The highest BCUT2D eigenvalue weighted by Crippen LogP contribution is 2.23. The number of hydrogen-bond acceptors (Lipinski definition) is 4. The Kier molecular flexibility index (Phi) is 5.47. The highest BCUT2D eigenvalue weighted by molar-refractivity contribution is 5.59. The Morgan fingerprint density at radius 3 is 2.72 bits per heavy atom. The number of methoxy groups -OCH3 is 1. The van der Waals surface area contributed by atoms with Gasteiger partial charge in [0.25, 0.3) is 0 Å². The maximum Gasteiger partial charge on any atom is 0.0670 e. The SMILES string of the molecule is COCCN(c1ccc(N)c(CC#N)c1)C(C)C. The normalized spacial score (nSPS) is 10.4. The van der Waals surface area contributed by atoms with Crippen molar-refractivity contribution in [1.29, 1.82) is 5.26 Å². The van der Waals surface area contributed by atoms with Gasteiger partial charge >= 0.3 is 0 Å². The molecule has 0 unspecified atom stereocenters. The van der Waals surface area contributed by atoms with Crippen LogP contribution in [0.4, 0.5) is 11.4 Å². The van der Waals surface area contributed by atoms with Gasteiger partial charge in [-0.1, -0.05) is 0 Å².